The Morgan fingerprint density at radius 2 is 2.32 bits per heavy atom. The minimum Gasteiger partial charge on any atom is -0.367 e. The molecule has 0 bridgehead atoms. The van der Waals surface area contributed by atoms with Gasteiger partial charge in [0.15, 0.2) is 0 Å². The summed E-state index contributed by atoms with van der Waals surface area (Å²) in [7, 11) is 0. The third-order valence-corrected chi connectivity index (χ3v) is 3.43. The van der Waals surface area contributed by atoms with Gasteiger partial charge in [-0.2, -0.15) is 4.98 Å². The molecule has 1 aliphatic heterocycles. The van der Waals surface area contributed by atoms with E-state index in [2.05, 4.69) is 31.4 Å². The number of nitrogens with zero attached hydrogens (tertiary/aromatic N) is 2. The number of nitrogens with one attached hydrogen (secondary N) is 1. The van der Waals surface area contributed by atoms with Gasteiger partial charge in [0.05, 0.1) is 11.1 Å². The normalized spacial score (nSPS) is 19.6. The fraction of sp³-hybridized carbons (Fsp3) is 0.333. The van der Waals surface area contributed by atoms with E-state index in [1.807, 2.05) is 0 Å². The van der Waals surface area contributed by atoms with E-state index < -0.39 is 0 Å². The molecule has 2 heterocycles. The molecule has 2 aromatic rings. The third kappa shape index (κ3) is 2.68. The molecule has 0 aliphatic carbocycles. The van der Waals surface area contributed by atoms with Crippen molar-refractivity contribution in [3.05, 3.63) is 34.3 Å². The highest BCUT2D eigenvalue weighted by molar-refractivity contribution is 9.10. The zero-order valence-electron chi connectivity index (χ0n) is 9.90. The Balaban J connectivity index is 1.85. The molecular weight excluding hydrogens is 317 g/mol. The molecule has 5 nitrogen and oxygen atoms in total. The van der Waals surface area contributed by atoms with Crippen molar-refractivity contribution in [2.75, 3.05) is 19.7 Å². The van der Waals surface area contributed by atoms with Gasteiger partial charge in [0, 0.05) is 18.7 Å². The van der Waals surface area contributed by atoms with Crippen LogP contribution in [0, 0.1) is 5.82 Å². The number of hydrogen-bond donors (Lipinski definition) is 1. The Hall–Kier alpha value is -1.31. The topological polar surface area (TPSA) is 60.2 Å². The first-order chi connectivity index (χ1) is 9.24. The van der Waals surface area contributed by atoms with E-state index in [1.54, 1.807) is 12.1 Å². The highest BCUT2D eigenvalue weighted by Crippen LogP contribution is 2.25. The molecule has 1 N–H and O–H groups in total. The second-order valence-corrected chi connectivity index (χ2v) is 5.00. The summed E-state index contributed by atoms with van der Waals surface area (Å²) in [4.78, 5) is 4.29. The van der Waals surface area contributed by atoms with Crippen LogP contribution in [0.15, 0.2) is 27.2 Å². The number of halogens is 2. The molecule has 100 valence electrons. The van der Waals surface area contributed by atoms with E-state index in [9.17, 15) is 4.39 Å². The summed E-state index contributed by atoms with van der Waals surface area (Å²) in [5.74, 6) is 0.524. The van der Waals surface area contributed by atoms with Gasteiger partial charge < -0.3 is 14.6 Å². The summed E-state index contributed by atoms with van der Waals surface area (Å²) in [6.07, 6.45) is -0.199. The molecule has 3 rings (SSSR count). The minimum atomic E-state index is -0.330. The van der Waals surface area contributed by atoms with Gasteiger partial charge in [0.2, 0.25) is 5.82 Å². The number of benzene rings is 1. The van der Waals surface area contributed by atoms with Crippen molar-refractivity contribution in [2.24, 2.45) is 0 Å². The molecule has 1 aromatic carbocycles. The molecule has 0 spiro atoms. The Kier molecular flexibility index (Phi) is 3.58. The summed E-state index contributed by atoms with van der Waals surface area (Å²) in [5.41, 5.74) is 0.663. The van der Waals surface area contributed by atoms with E-state index in [-0.39, 0.29) is 11.9 Å². The lowest BCUT2D eigenvalue weighted by Crippen LogP contribution is -2.33. The van der Waals surface area contributed by atoms with Crippen molar-refractivity contribution in [2.45, 2.75) is 6.10 Å². The van der Waals surface area contributed by atoms with Crippen LogP contribution in [-0.2, 0) is 4.74 Å². The summed E-state index contributed by atoms with van der Waals surface area (Å²) < 4.78 is 24.3. The average Bonchev–Trinajstić information content (AvgIpc) is 2.93. The number of aromatic nitrogens is 2. The second kappa shape index (κ2) is 5.36. The van der Waals surface area contributed by atoms with Crippen LogP contribution in [0.4, 0.5) is 4.39 Å². The quantitative estimate of drug-likeness (QED) is 0.917. The van der Waals surface area contributed by atoms with Crippen molar-refractivity contribution in [3.8, 4) is 11.5 Å². The van der Waals surface area contributed by atoms with Crippen molar-refractivity contribution in [3.63, 3.8) is 0 Å². The lowest BCUT2D eigenvalue weighted by Gasteiger charge is -2.20. The molecule has 1 atom stereocenters. The van der Waals surface area contributed by atoms with Crippen LogP contribution >= 0.6 is 15.9 Å². The van der Waals surface area contributed by atoms with Crippen molar-refractivity contribution in [1.29, 1.82) is 0 Å². The SMILES string of the molecule is Fc1ccc(-c2nc(C3CNCCO3)no2)cc1Br. The number of ether oxygens (including phenoxy) is 1. The molecule has 1 unspecified atom stereocenters. The maximum Gasteiger partial charge on any atom is 0.258 e. The largest absolute Gasteiger partial charge is 0.367 e. The average molecular weight is 328 g/mol. The smallest absolute Gasteiger partial charge is 0.258 e. The maximum atomic E-state index is 13.2. The molecule has 0 saturated carbocycles. The Morgan fingerprint density at radius 1 is 1.42 bits per heavy atom. The third-order valence-electron chi connectivity index (χ3n) is 2.82. The number of rotatable bonds is 2. The zero-order chi connectivity index (χ0) is 13.2. The van der Waals surface area contributed by atoms with Crippen LogP contribution in [0.3, 0.4) is 0 Å². The van der Waals surface area contributed by atoms with Gasteiger partial charge in [-0.05, 0) is 34.1 Å². The molecule has 1 saturated heterocycles. The Bertz CT molecular complexity index is 584. The Labute approximate surface area is 117 Å². The van der Waals surface area contributed by atoms with Crippen LogP contribution in [0.5, 0.6) is 0 Å². The maximum absolute atomic E-state index is 13.2. The first kappa shape index (κ1) is 12.7. The van der Waals surface area contributed by atoms with Crippen molar-refractivity contribution < 1.29 is 13.7 Å². The number of morpholine rings is 1. The predicted molar refractivity (Wildman–Crippen MR) is 69.0 cm³/mol. The van der Waals surface area contributed by atoms with E-state index in [0.29, 0.717) is 34.9 Å². The van der Waals surface area contributed by atoms with E-state index >= 15 is 0 Å². The summed E-state index contributed by atoms with van der Waals surface area (Å²) >= 11 is 3.13. The standard InChI is InChI=1S/C12H11BrFN3O2/c13-8-5-7(1-2-9(8)14)12-16-11(17-19-12)10-6-15-3-4-18-10/h1-2,5,10,15H,3-4,6H2. The summed E-state index contributed by atoms with van der Waals surface area (Å²) in [6.45, 7) is 2.11. The van der Waals surface area contributed by atoms with E-state index in [0.717, 1.165) is 6.54 Å². The van der Waals surface area contributed by atoms with Gasteiger partial charge in [-0.15, -0.1) is 0 Å². The van der Waals surface area contributed by atoms with Gasteiger partial charge in [-0.25, -0.2) is 4.39 Å². The molecule has 19 heavy (non-hydrogen) atoms. The number of hydrogen-bond acceptors (Lipinski definition) is 5. The summed E-state index contributed by atoms with van der Waals surface area (Å²) in [6, 6.07) is 4.55. The first-order valence-corrected chi connectivity index (χ1v) is 6.64. The highest BCUT2D eigenvalue weighted by atomic mass is 79.9. The fourth-order valence-corrected chi connectivity index (χ4v) is 2.22. The highest BCUT2D eigenvalue weighted by Gasteiger charge is 2.22. The van der Waals surface area contributed by atoms with Gasteiger partial charge >= 0.3 is 0 Å². The van der Waals surface area contributed by atoms with E-state index in [4.69, 9.17) is 9.26 Å². The van der Waals surface area contributed by atoms with Crippen LogP contribution < -0.4 is 5.32 Å². The minimum absolute atomic E-state index is 0.199. The lowest BCUT2D eigenvalue weighted by atomic mass is 10.2. The Morgan fingerprint density at radius 3 is 3.05 bits per heavy atom. The van der Waals surface area contributed by atoms with Crippen LogP contribution in [-0.4, -0.2) is 29.8 Å². The van der Waals surface area contributed by atoms with Gasteiger partial charge in [0.1, 0.15) is 11.9 Å². The van der Waals surface area contributed by atoms with E-state index in [1.165, 1.54) is 6.07 Å². The lowest BCUT2D eigenvalue weighted by molar-refractivity contribution is 0.0208. The van der Waals surface area contributed by atoms with Gasteiger partial charge in [-0.1, -0.05) is 5.16 Å². The monoisotopic (exact) mass is 327 g/mol. The molecule has 7 heteroatoms. The van der Waals surface area contributed by atoms with Gasteiger partial charge in [0.25, 0.3) is 5.89 Å². The van der Waals surface area contributed by atoms with Crippen molar-refractivity contribution >= 4 is 15.9 Å². The second-order valence-electron chi connectivity index (χ2n) is 4.15. The molecular formula is C12H11BrFN3O2. The fourth-order valence-electron chi connectivity index (χ4n) is 1.84. The molecule has 0 amide bonds. The zero-order valence-corrected chi connectivity index (χ0v) is 11.5. The van der Waals surface area contributed by atoms with Crippen LogP contribution in [0.25, 0.3) is 11.5 Å². The predicted octanol–water partition coefficient (Wildman–Crippen LogP) is 2.30. The summed E-state index contributed by atoms with van der Waals surface area (Å²) in [5, 5.41) is 7.10. The molecule has 1 fully saturated rings. The molecule has 0 radical (unpaired) electrons. The van der Waals surface area contributed by atoms with Crippen LogP contribution in [0.2, 0.25) is 0 Å². The van der Waals surface area contributed by atoms with Gasteiger partial charge in [-0.3, -0.25) is 0 Å². The first-order valence-electron chi connectivity index (χ1n) is 5.85. The van der Waals surface area contributed by atoms with Crippen molar-refractivity contribution in [1.82, 2.24) is 15.5 Å². The van der Waals surface area contributed by atoms with Crippen LogP contribution in [0.1, 0.15) is 11.9 Å². The molecule has 1 aromatic heterocycles. The molecule has 1 aliphatic rings.